The molecule has 0 bridgehead atoms. The van der Waals surface area contributed by atoms with Crippen LogP contribution in [0.2, 0.25) is 0 Å². The number of nitrogens with two attached hydrogens (primary N) is 1. The van der Waals surface area contributed by atoms with E-state index >= 15 is 0 Å². The number of carbonyl (C=O) groups is 1. The minimum Gasteiger partial charge on any atom is -0.412 e. The van der Waals surface area contributed by atoms with Crippen molar-refractivity contribution in [3.8, 4) is 0 Å². The summed E-state index contributed by atoms with van der Waals surface area (Å²) >= 11 is 0. The largest absolute Gasteiger partial charge is 0.412 e. The number of rotatable bonds is 0. The Morgan fingerprint density at radius 3 is 1.50 bits per heavy atom. The summed E-state index contributed by atoms with van der Waals surface area (Å²) in [4.78, 5) is 9.22. The number of primary amides is 1. The van der Waals surface area contributed by atoms with Gasteiger partial charge in [-0.3, -0.25) is 4.79 Å². The molecule has 6 N–H and O–H groups in total. The van der Waals surface area contributed by atoms with E-state index in [2.05, 4.69) is 5.73 Å². The third-order valence-corrected chi connectivity index (χ3v) is 0. The molecule has 0 spiro atoms. The number of carbonyl (C=O) groups excluding carboxylic acids is 1. The molecule has 0 fully saturated rings. The van der Waals surface area contributed by atoms with Gasteiger partial charge in [-0.05, 0) is 0 Å². The maximum atomic E-state index is 9.22. The van der Waals surface area contributed by atoms with Crippen molar-refractivity contribution in [3.05, 3.63) is 0 Å². The minimum atomic E-state index is -0.333. The van der Waals surface area contributed by atoms with Gasteiger partial charge in [-0.15, -0.1) is 0 Å². The summed E-state index contributed by atoms with van der Waals surface area (Å²) in [6.07, 6.45) is 0. The van der Waals surface area contributed by atoms with Crippen LogP contribution in [0.4, 0.5) is 0 Å². The second-order valence-corrected chi connectivity index (χ2v) is 0.611. The molecule has 40 valence electrons. The lowest BCUT2D eigenvalue weighted by molar-refractivity contribution is -0.115. The molecule has 0 aliphatic rings. The molecule has 0 aliphatic heterocycles. The van der Waals surface area contributed by atoms with E-state index in [9.17, 15) is 4.79 Å². The fourth-order valence-corrected chi connectivity index (χ4v) is 0. The summed E-state index contributed by atoms with van der Waals surface area (Å²) < 4.78 is 0. The van der Waals surface area contributed by atoms with Gasteiger partial charge in [0.05, 0.1) is 0 Å². The summed E-state index contributed by atoms with van der Waals surface area (Å²) in [7, 11) is 0. The average molecular weight is 95.1 g/mol. The first kappa shape index (κ1) is 18.2. The second-order valence-electron chi connectivity index (χ2n) is 0.611. The van der Waals surface area contributed by atoms with Crippen molar-refractivity contribution in [3.63, 3.8) is 0 Å². The summed E-state index contributed by atoms with van der Waals surface area (Å²) in [6.45, 7) is 1.31. The van der Waals surface area contributed by atoms with Gasteiger partial charge in [0.2, 0.25) is 5.91 Å². The van der Waals surface area contributed by atoms with Crippen LogP contribution >= 0.6 is 0 Å². The smallest absolute Gasteiger partial charge is 0.214 e. The minimum absolute atomic E-state index is 0. The molecule has 6 heavy (non-hydrogen) atoms. The molecule has 0 aromatic rings. The third kappa shape index (κ3) is 52.0. The van der Waals surface area contributed by atoms with Gasteiger partial charge in [0, 0.05) is 6.92 Å². The van der Waals surface area contributed by atoms with Crippen LogP contribution in [0.15, 0.2) is 0 Å². The quantitative estimate of drug-likeness (QED) is 0.363. The fourth-order valence-electron chi connectivity index (χ4n) is 0. The van der Waals surface area contributed by atoms with Gasteiger partial charge >= 0.3 is 0 Å². The average Bonchev–Trinajstić information content (AvgIpc) is 0.811. The van der Waals surface area contributed by atoms with Gasteiger partial charge in [0.25, 0.3) is 0 Å². The SMILES string of the molecule is CC(N)=O.O.O. The van der Waals surface area contributed by atoms with Crippen molar-refractivity contribution in [1.29, 1.82) is 0 Å². The van der Waals surface area contributed by atoms with Crippen molar-refractivity contribution in [2.45, 2.75) is 6.92 Å². The summed E-state index contributed by atoms with van der Waals surface area (Å²) in [6, 6.07) is 0. The van der Waals surface area contributed by atoms with Crippen molar-refractivity contribution >= 4 is 5.91 Å². The Morgan fingerprint density at radius 1 is 1.50 bits per heavy atom. The number of hydrogen-bond donors (Lipinski definition) is 1. The first-order valence-corrected chi connectivity index (χ1v) is 0.993. The number of amides is 1. The van der Waals surface area contributed by atoms with Crippen LogP contribution in [0.5, 0.6) is 0 Å². The molecule has 0 radical (unpaired) electrons. The van der Waals surface area contributed by atoms with Gasteiger partial charge in [0.15, 0.2) is 0 Å². The van der Waals surface area contributed by atoms with E-state index in [0.29, 0.717) is 0 Å². The first-order valence-electron chi connectivity index (χ1n) is 0.993. The van der Waals surface area contributed by atoms with Gasteiger partial charge < -0.3 is 16.7 Å². The molecule has 4 nitrogen and oxygen atoms in total. The molecular formula is C2H9NO3. The molecule has 0 rings (SSSR count). The van der Waals surface area contributed by atoms with Gasteiger partial charge in [-0.1, -0.05) is 0 Å². The molecule has 0 aliphatic carbocycles. The molecule has 0 aromatic carbocycles. The van der Waals surface area contributed by atoms with Gasteiger partial charge in [-0.2, -0.15) is 0 Å². The monoisotopic (exact) mass is 95.1 g/mol. The lowest BCUT2D eigenvalue weighted by Gasteiger charge is -1.60. The van der Waals surface area contributed by atoms with E-state index < -0.39 is 0 Å². The van der Waals surface area contributed by atoms with E-state index in [1.165, 1.54) is 6.92 Å². The highest BCUT2D eigenvalue weighted by molar-refractivity contribution is 5.70. The lowest BCUT2D eigenvalue weighted by atomic mass is 10.8. The zero-order valence-corrected chi connectivity index (χ0v) is 3.49. The third-order valence-electron chi connectivity index (χ3n) is 0. The van der Waals surface area contributed by atoms with Crippen LogP contribution in [0.1, 0.15) is 6.92 Å². The van der Waals surface area contributed by atoms with Gasteiger partial charge in [0.1, 0.15) is 0 Å². The molecule has 0 atom stereocenters. The van der Waals surface area contributed by atoms with Crippen molar-refractivity contribution in [1.82, 2.24) is 0 Å². The van der Waals surface area contributed by atoms with Crippen molar-refractivity contribution in [2.75, 3.05) is 0 Å². The van der Waals surface area contributed by atoms with E-state index in [1.807, 2.05) is 0 Å². The maximum Gasteiger partial charge on any atom is 0.214 e. The summed E-state index contributed by atoms with van der Waals surface area (Å²) in [5, 5.41) is 0. The van der Waals surface area contributed by atoms with Crippen LogP contribution in [-0.4, -0.2) is 16.9 Å². The van der Waals surface area contributed by atoms with Crippen LogP contribution in [0, 0.1) is 0 Å². The Labute approximate surface area is 35.6 Å². The highest BCUT2D eigenvalue weighted by Crippen LogP contribution is 1.33. The van der Waals surface area contributed by atoms with Crippen LogP contribution < -0.4 is 5.73 Å². The topological polar surface area (TPSA) is 106 Å². The van der Waals surface area contributed by atoms with Crippen LogP contribution in [0.3, 0.4) is 0 Å². The van der Waals surface area contributed by atoms with E-state index in [1.54, 1.807) is 0 Å². The lowest BCUT2D eigenvalue weighted by Crippen LogP contribution is -2.01. The maximum absolute atomic E-state index is 9.22. The number of hydrogen-bond acceptors (Lipinski definition) is 1. The van der Waals surface area contributed by atoms with E-state index in [0.717, 1.165) is 0 Å². The molecule has 0 unspecified atom stereocenters. The Balaban J connectivity index is -0.0000000450. The molecule has 0 aromatic heterocycles. The zero-order chi connectivity index (χ0) is 3.58. The Kier molecular flexibility index (Phi) is 26.8. The highest BCUT2D eigenvalue weighted by atomic mass is 16.1. The Bertz CT molecular complexity index is 31.8. The van der Waals surface area contributed by atoms with Crippen LogP contribution in [0.25, 0.3) is 0 Å². The molecule has 0 saturated heterocycles. The second kappa shape index (κ2) is 8.83. The van der Waals surface area contributed by atoms with Crippen LogP contribution in [-0.2, 0) is 4.79 Å². The summed E-state index contributed by atoms with van der Waals surface area (Å²) in [5.41, 5.74) is 4.47. The first-order chi connectivity index (χ1) is 1.73. The molecular weight excluding hydrogens is 86.0 g/mol. The van der Waals surface area contributed by atoms with Crippen molar-refractivity contribution < 1.29 is 15.7 Å². The summed E-state index contributed by atoms with van der Waals surface area (Å²) in [5.74, 6) is -0.333. The molecule has 1 amide bonds. The van der Waals surface area contributed by atoms with E-state index in [4.69, 9.17) is 0 Å². The molecule has 4 heteroatoms. The highest BCUT2D eigenvalue weighted by Gasteiger charge is 1.61. The standard InChI is InChI=1S/C2H5NO.2H2O/c1-2(3)4;;/h1H3,(H2,3,4);2*1H2. The Morgan fingerprint density at radius 2 is 1.50 bits per heavy atom. The predicted octanol–water partition coefficient (Wildman–Crippen LogP) is -2.16. The Hall–Kier alpha value is -0.610. The normalized spacial score (nSPS) is 4.17. The van der Waals surface area contributed by atoms with Gasteiger partial charge in [-0.25, -0.2) is 0 Å². The van der Waals surface area contributed by atoms with E-state index in [-0.39, 0.29) is 16.9 Å². The molecule has 0 heterocycles. The van der Waals surface area contributed by atoms with Crippen molar-refractivity contribution in [2.24, 2.45) is 5.73 Å². The zero-order valence-electron chi connectivity index (χ0n) is 3.49. The fraction of sp³-hybridized carbons (Fsp3) is 0.500. The molecule has 0 saturated carbocycles. The predicted molar refractivity (Wildman–Crippen MR) is 22.1 cm³/mol.